The van der Waals surface area contributed by atoms with Gasteiger partial charge in [0.25, 0.3) is 0 Å². The summed E-state index contributed by atoms with van der Waals surface area (Å²) in [5.74, 6) is 0. The summed E-state index contributed by atoms with van der Waals surface area (Å²) in [5.41, 5.74) is 0. The number of nitrogens with one attached hydrogen (secondary N) is 1. The van der Waals surface area contributed by atoms with Crippen LogP contribution in [0.25, 0.3) is 0 Å². The molecule has 6 nitrogen and oxygen atoms in total. The van der Waals surface area contributed by atoms with Gasteiger partial charge in [-0.15, -0.1) is 0 Å². The van der Waals surface area contributed by atoms with Crippen LogP contribution < -0.4 is 5.32 Å². The first kappa shape index (κ1) is 18.4. The second-order valence-corrected chi connectivity index (χ2v) is 2.86. The van der Waals surface area contributed by atoms with Gasteiger partial charge in [-0.05, 0) is 6.92 Å². The molecule has 0 radical (unpaired) electrons. The topological polar surface area (TPSA) is 69.2 Å². The average Bonchev–Trinajstić information content (AvgIpc) is 2.33. The summed E-state index contributed by atoms with van der Waals surface area (Å²) in [4.78, 5) is 13.8. The summed E-state index contributed by atoms with van der Waals surface area (Å²) in [6, 6.07) is 0. The molecular formula is C11H24N2O4. The molecule has 0 unspecified atom stereocenters. The maximum atomic E-state index is 10.4. The van der Waals surface area contributed by atoms with Crippen molar-refractivity contribution in [3.63, 3.8) is 0 Å². The highest BCUT2D eigenvalue weighted by molar-refractivity contribution is 5.78. The molecule has 1 amide bonds. The van der Waals surface area contributed by atoms with Crippen LogP contribution in [0.4, 0.5) is 4.79 Å². The Balaban J connectivity index is 0. The minimum absolute atomic E-state index is 0. The molecule has 1 heterocycles. The van der Waals surface area contributed by atoms with Gasteiger partial charge < -0.3 is 19.5 Å². The van der Waals surface area contributed by atoms with Crippen LogP contribution in [-0.2, 0) is 14.2 Å². The molecule has 1 fully saturated rings. The molecule has 0 aliphatic carbocycles. The van der Waals surface area contributed by atoms with E-state index in [1.807, 2.05) is 0 Å². The molecule has 102 valence electrons. The SMILES string of the molecule is C.C1COCCN1.CC=NC(=O)OCCOC. The molecule has 17 heavy (non-hydrogen) atoms. The second-order valence-electron chi connectivity index (χ2n) is 2.86. The average molecular weight is 248 g/mol. The van der Waals surface area contributed by atoms with Crippen LogP contribution in [0, 0.1) is 0 Å². The van der Waals surface area contributed by atoms with E-state index < -0.39 is 6.09 Å². The lowest BCUT2D eigenvalue weighted by Gasteiger charge is -2.10. The molecule has 1 aliphatic rings. The molecule has 0 aromatic heterocycles. The summed E-state index contributed by atoms with van der Waals surface area (Å²) < 4.78 is 14.2. The van der Waals surface area contributed by atoms with Gasteiger partial charge in [-0.1, -0.05) is 7.43 Å². The Morgan fingerprint density at radius 3 is 2.41 bits per heavy atom. The Labute approximate surface area is 103 Å². The number of ether oxygens (including phenoxy) is 3. The Morgan fingerprint density at radius 1 is 1.41 bits per heavy atom. The van der Waals surface area contributed by atoms with Crippen LogP contribution in [0.2, 0.25) is 0 Å². The first-order valence-electron chi connectivity index (χ1n) is 5.24. The molecule has 1 N–H and O–H groups in total. The van der Waals surface area contributed by atoms with E-state index in [1.165, 1.54) is 13.3 Å². The van der Waals surface area contributed by atoms with Gasteiger partial charge in [-0.3, -0.25) is 0 Å². The summed E-state index contributed by atoms with van der Waals surface area (Å²) in [6.45, 7) is 6.15. The normalized spacial score (nSPS) is 14.5. The molecule has 0 bridgehead atoms. The number of carbonyl (C=O) groups is 1. The minimum Gasteiger partial charge on any atom is -0.445 e. The number of aliphatic imine (C=N–C) groups is 1. The highest BCUT2D eigenvalue weighted by Crippen LogP contribution is 1.82. The molecule has 0 aromatic rings. The van der Waals surface area contributed by atoms with E-state index >= 15 is 0 Å². The lowest BCUT2D eigenvalue weighted by atomic mass is 10.5. The minimum atomic E-state index is -0.570. The predicted molar refractivity (Wildman–Crippen MR) is 67.8 cm³/mol. The van der Waals surface area contributed by atoms with Gasteiger partial charge in [0.1, 0.15) is 6.61 Å². The van der Waals surface area contributed by atoms with Crippen molar-refractivity contribution in [1.29, 1.82) is 0 Å². The van der Waals surface area contributed by atoms with Gasteiger partial charge in [0.2, 0.25) is 0 Å². The van der Waals surface area contributed by atoms with Crippen molar-refractivity contribution in [1.82, 2.24) is 5.32 Å². The van der Waals surface area contributed by atoms with Crippen LogP contribution in [0.5, 0.6) is 0 Å². The summed E-state index contributed by atoms with van der Waals surface area (Å²) in [5, 5.41) is 3.16. The van der Waals surface area contributed by atoms with E-state index in [-0.39, 0.29) is 14.0 Å². The van der Waals surface area contributed by atoms with Crippen LogP contribution in [0.15, 0.2) is 4.99 Å². The van der Waals surface area contributed by atoms with E-state index in [4.69, 9.17) is 4.74 Å². The third kappa shape index (κ3) is 15.0. The smallest absolute Gasteiger partial charge is 0.433 e. The third-order valence-corrected chi connectivity index (χ3v) is 1.59. The number of morpholine rings is 1. The quantitative estimate of drug-likeness (QED) is 0.598. The molecular weight excluding hydrogens is 224 g/mol. The van der Waals surface area contributed by atoms with E-state index in [2.05, 4.69) is 19.8 Å². The van der Waals surface area contributed by atoms with Crippen LogP contribution >= 0.6 is 0 Å². The van der Waals surface area contributed by atoms with Gasteiger partial charge in [-0.2, -0.15) is 4.99 Å². The lowest BCUT2D eigenvalue weighted by Crippen LogP contribution is -2.30. The fourth-order valence-corrected chi connectivity index (χ4v) is 0.871. The van der Waals surface area contributed by atoms with Crippen molar-refractivity contribution in [3.05, 3.63) is 0 Å². The largest absolute Gasteiger partial charge is 0.445 e. The Kier molecular flexibility index (Phi) is 16.2. The van der Waals surface area contributed by atoms with Crippen molar-refractivity contribution in [2.75, 3.05) is 46.6 Å². The van der Waals surface area contributed by atoms with E-state index in [0.717, 1.165) is 26.3 Å². The molecule has 1 rings (SSSR count). The van der Waals surface area contributed by atoms with Crippen molar-refractivity contribution in [3.8, 4) is 0 Å². The lowest BCUT2D eigenvalue weighted by molar-refractivity contribution is 0.105. The molecule has 1 saturated heterocycles. The van der Waals surface area contributed by atoms with E-state index in [9.17, 15) is 4.79 Å². The number of rotatable bonds is 3. The zero-order chi connectivity index (χ0) is 12.1. The molecule has 0 saturated carbocycles. The van der Waals surface area contributed by atoms with Gasteiger partial charge in [0.15, 0.2) is 0 Å². The number of hydrogen-bond donors (Lipinski definition) is 1. The van der Waals surface area contributed by atoms with Gasteiger partial charge in [-0.25, -0.2) is 4.79 Å². The van der Waals surface area contributed by atoms with Crippen molar-refractivity contribution >= 4 is 12.3 Å². The molecule has 0 atom stereocenters. The Hall–Kier alpha value is -0.980. The number of hydrogen-bond acceptors (Lipinski definition) is 5. The summed E-state index contributed by atoms with van der Waals surface area (Å²) in [6.07, 6.45) is 0.814. The second kappa shape index (κ2) is 15.0. The molecule has 0 aromatic carbocycles. The number of methoxy groups -OCH3 is 1. The fourth-order valence-electron chi connectivity index (χ4n) is 0.871. The highest BCUT2D eigenvalue weighted by atomic mass is 16.6. The first-order chi connectivity index (χ1) is 7.81. The fraction of sp³-hybridized carbons (Fsp3) is 0.818. The molecule has 6 heteroatoms. The zero-order valence-electron chi connectivity index (χ0n) is 9.90. The highest BCUT2D eigenvalue weighted by Gasteiger charge is 1.94. The maximum Gasteiger partial charge on any atom is 0.433 e. The van der Waals surface area contributed by atoms with Crippen molar-refractivity contribution < 1.29 is 19.0 Å². The van der Waals surface area contributed by atoms with Crippen LogP contribution in [-0.4, -0.2) is 58.9 Å². The number of amides is 1. The van der Waals surface area contributed by atoms with Gasteiger partial charge in [0, 0.05) is 26.4 Å². The molecule has 1 aliphatic heterocycles. The summed E-state index contributed by atoms with van der Waals surface area (Å²) >= 11 is 0. The van der Waals surface area contributed by atoms with Crippen LogP contribution in [0.3, 0.4) is 0 Å². The Bertz CT molecular complexity index is 182. The third-order valence-electron chi connectivity index (χ3n) is 1.59. The zero-order valence-corrected chi connectivity index (χ0v) is 9.90. The van der Waals surface area contributed by atoms with Gasteiger partial charge >= 0.3 is 6.09 Å². The van der Waals surface area contributed by atoms with Gasteiger partial charge in [0.05, 0.1) is 19.8 Å². The standard InChI is InChI=1S/C6H11NO3.C4H9NO.CH4/c1-3-7-6(8)10-5-4-9-2;1-3-6-4-2-5-1;/h3H,4-5H2,1-2H3;5H,1-4H2;1H4. The number of nitrogens with zero attached hydrogens (tertiary/aromatic N) is 1. The monoisotopic (exact) mass is 248 g/mol. The first-order valence-corrected chi connectivity index (χ1v) is 5.24. The maximum absolute atomic E-state index is 10.4. The van der Waals surface area contributed by atoms with Crippen molar-refractivity contribution in [2.24, 2.45) is 4.99 Å². The van der Waals surface area contributed by atoms with Crippen LogP contribution in [0.1, 0.15) is 14.4 Å². The Morgan fingerprint density at radius 2 is 2.06 bits per heavy atom. The predicted octanol–water partition coefficient (Wildman–Crippen LogP) is 1.10. The summed E-state index contributed by atoms with van der Waals surface area (Å²) in [7, 11) is 1.54. The van der Waals surface area contributed by atoms with E-state index in [1.54, 1.807) is 6.92 Å². The molecule has 0 spiro atoms. The number of carbonyl (C=O) groups excluding carboxylic acids is 1. The van der Waals surface area contributed by atoms with E-state index in [0.29, 0.717) is 6.61 Å². The van der Waals surface area contributed by atoms with Crippen molar-refractivity contribution in [2.45, 2.75) is 14.4 Å².